The van der Waals surface area contributed by atoms with Crippen LogP contribution in [0.4, 0.5) is 0 Å². The van der Waals surface area contributed by atoms with Gasteiger partial charge < -0.3 is 15.1 Å². The first-order chi connectivity index (χ1) is 6.77. The van der Waals surface area contributed by atoms with Crippen molar-refractivity contribution in [2.75, 3.05) is 6.61 Å². The monoisotopic (exact) mass is 193 g/mol. The van der Waals surface area contributed by atoms with Gasteiger partial charge in [-0.1, -0.05) is 17.8 Å². The normalized spacial score (nSPS) is 10.3. The van der Waals surface area contributed by atoms with Crippen molar-refractivity contribution in [3.8, 4) is 11.5 Å². The molecule has 14 heavy (non-hydrogen) atoms. The Labute approximate surface area is 81.8 Å². The molecule has 0 aliphatic carbocycles. The van der Waals surface area contributed by atoms with Gasteiger partial charge in [0.25, 0.3) is 0 Å². The van der Waals surface area contributed by atoms with Crippen molar-refractivity contribution in [2.24, 2.45) is 5.16 Å². The molecule has 0 saturated carbocycles. The van der Waals surface area contributed by atoms with Gasteiger partial charge in [0, 0.05) is 11.6 Å². The minimum Gasteiger partial charge on any atom is -0.507 e. The van der Waals surface area contributed by atoms with Gasteiger partial charge in [-0.2, -0.15) is 0 Å². The molecule has 2 N–H and O–H groups in total. The van der Waals surface area contributed by atoms with E-state index in [1.807, 2.05) is 0 Å². The minimum atomic E-state index is 0.00404. The second-order valence-corrected chi connectivity index (χ2v) is 2.56. The SMILES string of the molecule is C=CCOc1ccc(/C=N/O)c(O)c1. The average molecular weight is 193 g/mol. The van der Waals surface area contributed by atoms with E-state index < -0.39 is 0 Å². The summed E-state index contributed by atoms with van der Waals surface area (Å²) in [5, 5.41) is 20.5. The summed E-state index contributed by atoms with van der Waals surface area (Å²) in [5.41, 5.74) is 0.429. The van der Waals surface area contributed by atoms with E-state index in [9.17, 15) is 5.11 Å². The minimum absolute atomic E-state index is 0.00404. The molecule has 0 aromatic heterocycles. The van der Waals surface area contributed by atoms with Crippen molar-refractivity contribution in [1.82, 2.24) is 0 Å². The van der Waals surface area contributed by atoms with Crippen LogP contribution in [-0.4, -0.2) is 23.1 Å². The van der Waals surface area contributed by atoms with E-state index in [0.717, 1.165) is 6.21 Å². The second-order valence-electron chi connectivity index (χ2n) is 2.56. The van der Waals surface area contributed by atoms with E-state index in [0.29, 0.717) is 17.9 Å². The zero-order valence-electron chi connectivity index (χ0n) is 7.55. The number of oxime groups is 1. The Bertz CT molecular complexity index is 347. The van der Waals surface area contributed by atoms with Crippen LogP contribution in [0.5, 0.6) is 11.5 Å². The first kappa shape index (κ1) is 10.1. The van der Waals surface area contributed by atoms with Gasteiger partial charge in [-0.15, -0.1) is 0 Å². The number of hydrogen-bond acceptors (Lipinski definition) is 4. The summed E-state index contributed by atoms with van der Waals surface area (Å²) in [7, 11) is 0. The lowest BCUT2D eigenvalue weighted by atomic mass is 10.2. The summed E-state index contributed by atoms with van der Waals surface area (Å²) in [4.78, 5) is 0. The van der Waals surface area contributed by atoms with Crippen LogP contribution in [0.15, 0.2) is 36.0 Å². The van der Waals surface area contributed by atoms with Crippen molar-refractivity contribution in [3.05, 3.63) is 36.4 Å². The molecule has 0 aliphatic heterocycles. The smallest absolute Gasteiger partial charge is 0.128 e. The predicted octanol–water partition coefficient (Wildman–Crippen LogP) is 1.77. The van der Waals surface area contributed by atoms with E-state index in [1.165, 1.54) is 6.07 Å². The van der Waals surface area contributed by atoms with Crippen LogP contribution in [0.2, 0.25) is 0 Å². The molecule has 1 rings (SSSR count). The van der Waals surface area contributed by atoms with Crippen LogP contribution in [0.25, 0.3) is 0 Å². The number of rotatable bonds is 4. The van der Waals surface area contributed by atoms with Crippen LogP contribution >= 0.6 is 0 Å². The van der Waals surface area contributed by atoms with Crippen molar-refractivity contribution >= 4 is 6.21 Å². The summed E-state index contributed by atoms with van der Waals surface area (Å²) in [6, 6.07) is 4.70. The fraction of sp³-hybridized carbons (Fsp3) is 0.100. The molecule has 0 fully saturated rings. The Hall–Kier alpha value is -1.97. The third kappa shape index (κ3) is 2.52. The molecular weight excluding hydrogens is 182 g/mol. The predicted molar refractivity (Wildman–Crippen MR) is 53.2 cm³/mol. The number of benzene rings is 1. The lowest BCUT2D eigenvalue weighted by molar-refractivity contribution is 0.321. The van der Waals surface area contributed by atoms with Crippen molar-refractivity contribution in [1.29, 1.82) is 0 Å². The van der Waals surface area contributed by atoms with Crippen LogP contribution in [0.1, 0.15) is 5.56 Å². The molecule has 0 bridgehead atoms. The van der Waals surface area contributed by atoms with Gasteiger partial charge in [-0.05, 0) is 12.1 Å². The van der Waals surface area contributed by atoms with Gasteiger partial charge in [0.15, 0.2) is 0 Å². The van der Waals surface area contributed by atoms with E-state index in [4.69, 9.17) is 9.94 Å². The zero-order valence-corrected chi connectivity index (χ0v) is 7.55. The lowest BCUT2D eigenvalue weighted by Gasteiger charge is -2.04. The fourth-order valence-corrected chi connectivity index (χ4v) is 0.940. The largest absolute Gasteiger partial charge is 0.507 e. The van der Waals surface area contributed by atoms with E-state index in [-0.39, 0.29) is 5.75 Å². The summed E-state index contributed by atoms with van der Waals surface area (Å²) < 4.78 is 5.18. The van der Waals surface area contributed by atoms with Crippen molar-refractivity contribution < 1.29 is 15.1 Å². The molecule has 0 radical (unpaired) electrons. The molecule has 0 unspecified atom stereocenters. The summed E-state index contributed by atoms with van der Waals surface area (Å²) in [6.45, 7) is 3.89. The molecule has 0 amide bonds. The molecule has 74 valence electrons. The molecule has 4 heteroatoms. The molecule has 0 heterocycles. The lowest BCUT2D eigenvalue weighted by Crippen LogP contribution is -1.93. The quantitative estimate of drug-likeness (QED) is 0.331. The Morgan fingerprint density at radius 2 is 2.29 bits per heavy atom. The van der Waals surface area contributed by atoms with Crippen LogP contribution in [0.3, 0.4) is 0 Å². The highest BCUT2D eigenvalue weighted by atomic mass is 16.5. The number of nitrogens with zero attached hydrogens (tertiary/aromatic N) is 1. The maximum atomic E-state index is 9.41. The highest BCUT2D eigenvalue weighted by Crippen LogP contribution is 2.22. The summed E-state index contributed by atoms with van der Waals surface area (Å²) >= 11 is 0. The Kier molecular flexibility index (Phi) is 3.55. The standard InChI is InChI=1S/C10H11NO3/c1-2-5-14-9-4-3-8(7-11-13)10(12)6-9/h2-4,6-7,12-13H,1,5H2/b11-7+. The third-order valence-corrected chi connectivity index (χ3v) is 1.57. The highest BCUT2D eigenvalue weighted by Gasteiger charge is 2.00. The van der Waals surface area contributed by atoms with E-state index in [1.54, 1.807) is 18.2 Å². The molecule has 0 aliphatic rings. The number of ether oxygens (including phenoxy) is 1. The first-order valence-corrected chi connectivity index (χ1v) is 4.02. The van der Waals surface area contributed by atoms with Crippen LogP contribution in [0, 0.1) is 0 Å². The zero-order chi connectivity index (χ0) is 10.4. The van der Waals surface area contributed by atoms with Gasteiger partial charge in [0.1, 0.15) is 18.1 Å². The van der Waals surface area contributed by atoms with Crippen LogP contribution in [-0.2, 0) is 0 Å². The summed E-state index contributed by atoms with van der Waals surface area (Å²) in [5.74, 6) is 0.543. The van der Waals surface area contributed by atoms with Crippen molar-refractivity contribution in [2.45, 2.75) is 0 Å². The number of aromatic hydroxyl groups is 1. The molecule has 0 spiro atoms. The van der Waals surface area contributed by atoms with Gasteiger partial charge in [0.05, 0.1) is 6.21 Å². The number of hydrogen-bond donors (Lipinski definition) is 2. The number of phenols is 1. The molecule has 4 nitrogen and oxygen atoms in total. The fourth-order valence-electron chi connectivity index (χ4n) is 0.940. The van der Waals surface area contributed by atoms with Crippen LogP contribution < -0.4 is 4.74 Å². The Balaban J connectivity index is 2.83. The first-order valence-electron chi connectivity index (χ1n) is 4.02. The summed E-state index contributed by atoms with van der Waals surface area (Å²) in [6.07, 6.45) is 2.76. The molecular formula is C10H11NO3. The molecule has 1 aromatic carbocycles. The van der Waals surface area contributed by atoms with Gasteiger partial charge in [-0.3, -0.25) is 0 Å². The van der Waals surface area contributed by atoms with Crippen molar-refractivity contribution in [3.63, 3.8) is 0 Å². The van der Waals surface area contributed by atoms with Gasteiger partial charge in [-0.25, -0.2) is 0 Å². The molecule has 1 aromatic rings. The van der Waals surface area contributed by atoms with Gasteiger partial charge in [0.2, 0.25) is 0 Å². The Morgan fingerprint density at radius 1 is 1.50 bits per heavy atom. The second kappa shape index (κ2) is 4.91. The third-order valence-electron chi connectivity index (χ3n) is 1.57. The van der Waals surface area contributed by atoms with E-state index >= 15 is 0 Å². The van der Waals surface area contributed by atoms with E-state index in [2.05, 4.69) is 11.7 Å². The highest BCUT2D eigenvalue weighted by molar-refractivity contribution is 5.83. The average Bonchev–Trinajstić information content (AvgIpc) is 2.19. The maximum absolute atomic E-state index is 9.41. The van der Waals surface area contributed by atoms with Gasteiger partial charge >= 0.3 is 0 Å². The topological polar surface area (TPSA) is 62.0 Å². The molecule has 0 saturated heterocycles. The number of phenolic OH excluding ortho intramolecular Hbond substituents is 1. The maximum Gasteiger partial charge on any atom is 0.128 e. The molecule has 0 atom stereocenters. The Morgan fingerprint density at radius 3 is 2.86 bits per heavy atom.